The molecule has 6 nitrogen and oxygen atoms in total. The summed E-state index contributed by atoms with van der Waals surface area (Å²) in [4.78, 5) is 26.9. The molecule has 1 aliphatic rings. The average Bonchev–Trinajstić information content (AvgIpc) is 3.18. The summed E-state index contributed by atoms with van der Waals surface area (Å²) in [6, 6.07) is 9.00. The van der Waals surface area contributed by atoms with Gasteiger partial charge in [-0.25, -0.2) is 0 Å². The lowest BCUT2D eigenvalue weighted by Gasteiger charge is -2.32. The zero-order chi connectivity index (χ0) is 17.8. The van der Waals surface area contributed by atoms with Crippen molar-refractivity contribution in [1.82, 2.24) is 10.2 Å². The number of amides is 2. The number of likely N-dealkylation sites (tertiary alicyclic amines) is 1. The predicted molar refractivity (Wildman–Crippen MR) is 95.8 cm³/mol. The molecule has 0 aliphatic carbocycles. The van der Waals surface area contributed by atoms with Gasteiger partial charge in [-0.1, -0.05) is 6.07 Å². The maximum absolute atomic E-state index is 12.8. The summed E-state index contributed by atoms with van der Waals surface area (Å²) in [6.45, 7) is 3.36. The second-order valence-corrected chi connectivity index (χ2v) is 6.34. The van der Waals surface area contributed by atoms with E-state index < -0.39 is 0 Å². The Hall–Kier alpha value is -2.60. The molecule has 3 rings (SSSR count). The van der Waals surface area contributed by atoms with Crippen molar-refractivity contribution < 1.29 is 14.0 Å². The van der Waals surface area contributed by atoms with Gasteiger partial charge in [-0.2, -0.15) is 0 Å². The summed E-state index contributed by atoms with van der Waals surface area (Å²) in [5, 5.41) is 6.06. The third-order valence-corrected chi connectivity index (χ3v) is 4.59. The Labute approximate surface area is 147 Å². The van der Waals surface area contributed by atoms with Crippen LogP contribution < -0.4 is 10.6 Å². The molecule has 6 heteroatoms. The number of carbonyl (C=O) groups excluding carboxylic acids is 2. The van der Waals surface area contributed by atoms with Crippen LogP contribution in [0.15, 0.2) is 41.0 Å². The second kappa shape index (κ2) is 7.53. The lowest BCUT2D eigenvalue weighted by atomic mass is 10.0. The Morgan fingerprint density at radius 3 is 2.84 bits per heavy atom. The second-order valence-electron chi connectivity index (χ2n) is 6.34. The first-order valence-corrected chi connectivity index (χ1v) is 8.50. The number of carbonyl (C=O) groups is 2. The molecule has 0 spiro atoms. The third-order valence-electron chi connectivity index (χ3n) is 4.59. The van der Waals surface area contributed by atoms with E-state index in [4.69, 9.17) is 4.42 Å². The minimum Gasteiger partial charge on any atom is -0.459 e. The number of piperidine rings is 1. The quantitative estimate of drug-likeness (QED) is 0.896. The minimum absolute atomic E-state index is 0.00607. The van der Waals surface area contributed by atoms with Crippen molar-refractivity contribution in [3.63, 3.8) is 0 Å². The number of benzene rings is 1. The molecule has 132 valence electrons. The van der Waals surface area contributed by atoms with E-state index in [0.29, 0.717) is 23.8 Å². The van der Waals surface area contributed by atoms with Crippen molar-refractivity contribution in [2.24, 2.45) is 0 Å². The van der Waals surface area contributed by atoms with Crippen molar-refractivity contribution in [3.8, 4) is 0 Å². The molecule has 2 aromatic rings. The first-order valence-electron chi connectivity index (χ1n) is 8.50. The van der Waals surface area contributed by atoms with Gasteiger partial charge in [0, 0.05) is 30.4 Å². The van der Waals surface area contributed by atoms with Gasteiger partial charge >= 0.3 is 0 Å². The topological polar surface area (TPSA) is 74.6 Å². The molecule has 0 saturated carbocycles. The monoisotopic (exact) mass is 341 g/mol. The van der Waals surface area contributed by atoms with Crippen LogP contribution >= 0.6 is 0 Å². The molecule has 0 radical (unpaired) electrons. The Kier molecular flexibility index (Phi) is 5.19. The van der Waals surface area contributed by atoms with Crippen LogP contribution in [0.3, 0.4) is 0 Å². The van der Waals surface area contributed by atoms with Gasteiger partial charge in [-0.15, -0.1) is 0 Å². The van der Waals surface area contributed by atoms with Crippen LogP contribution in [0.5, 0.6) is 0 Å². The predicted octanol–water partition coefficient (Wildman–Crippen LogP) is 2.66. The number of likely N-dealkylation sites (N-methyl/N-ethyl adjacent to an activating group) is 1. The lowest BCUT2D eigenvalue weighted by Crippen LogP contribution is -2.46. The smallest absolute Gasteiger partial charge is 0.291 e. The zero-order valence-electron chi connectivity index (χ0n) is 14.5. The normalized spacial score (nSPS) is 17.4. The highest BCUT2D eigenvalue weighted by atomic mass is 16.3. The first-order chi connectivity index (χ1) is 12.1. The summed E-state index contributed by atoms with van der Waals surface area (Å²) in [7, 11) is 1.92. The Balaban J connectivity index is 1.76. The highest BCUT2D eigenvalue weighted by Crippen LogP contribution is 2.21. The van der Waals surface area contributed by atoms with E-state index >= 15 is 0 Å². The van der Waals surface area contributed by atoms with E-state index in [1.54, 1.807) is 18.2 Å². The Bertz CT molecular complexity index is 755. The number of nitrogens with zero attached hydrogens (tertiary/aromatic N) is 1. The maximum atomic E-state index is 12.8. The molecule has 1 unspecified atom stereocenters. The average molecular weight is 341 g/mol. The zero-order valence-corrected chi connectivity index (χ0v) is 14.5. The third kappa shape index (κ3) is 3.91. The van der Waals surface area contributed by atoms with Crippen molar-refractivity contribution in [2.75, 3.05) is 25.5 Å². The molecule has 1 fully saturated rings. The van der Waals surface area contributed by atoms with E-state index in [1.807, 2.05) is 31.0 Å². The molecule has 0 bridgehead atoms. The van der Waals surface area contributed by atoms with Gasteiger partial charge in [0.05, 0.1) is 6.26 Å². The molecule has 1 saturated heterocycles. The lowest BCUT2D eigenvalue weighted by molar-refractivity contribution is 0.0698. The van der Waals surface area contributed by atoms with Crippen LogP contribution in [0, 0.1) is 6.92 Å². The van der Waals surface area contributed by atoms with Gasteiger partial charge in [-0.05, 0) is 56.6 Å². The summed E-state index contributed by atoms with van der Waals surface area (Å²) in [5.74, 6) is -0.0941. The molecule has 25 heavy (non-hydrogen) atoms. The van der Waals surface area contributed by atoms with Crippen LogP contribution in [0.1, 0.15) is 39.3 Å². The van der Waals surface area contributed by atoms with Gasteiger partial charge in [0.1, 0.15) is 0 Å². The fourth-order valence-corrected chi connectivity index (χ4v) is 3.06. The number of nitrogens with one attached hydrogen (secondary N) is 2. The van der Waals surface area contributed by atoms with Gasteiger partial charge in [0.25, 0.3) is 11.8 Å². The van der Waals surface area contributed by atoms with E-state index in [0.717, 1.165) is 24.9 Å². The number of anilines is 1. The van der Waals surface area contributed by atoms with Gasteiger partial charge in [0.15, 0.2) is 5.76 Å². The van der Waals surface area contributed by atoms with Crippen molar-refractivity contribution in [1.29, 1.82) is 0 Å². The summed E-state index contributed by atoms with van der Waals surface area (Å²) >= 11 is 0. The van der Waals surface area contributed by atoms with Crippen molar-refractivity contribution in [2.45, 2.75) is 25.8 Å². The molecule has 1 aromatic carbocycles. The van der Waals surface area contributed by atoms with Crippen LogP contribution in [-0.2, 0) is 0 Å². The van der Waals surface area contributed by atoms with Crippen LogP contribution in [0.25, 0.3) is 0 Å². The van der Waals surface area contributed by atoms with E-state index in [-0.39, 0.29) is 17.6 Å². The number of hydrogen-bond donors (Lipinski definition) is 2. The largest absolute Gasteiger partial charge is 0.459 e. The number of rotatable bonds is 4. The summed E-state index contributed by atoms with van der Waals surface area (Å²) in [5.41, 5.74) is 2.09. The molecule has 2 amide bonds. The van der Waals surface area contributed by atoms with Gasteiger partial charge in [0.2, 0.25) is 0 Å². The number of hydrogen-bond acceptors (Lipinski definition) is 4. The summed E-state index contributed by atoms with van der Waals surface area (Å²) in [6.07, 6.45) is 3.53. The molecule has 1 aliphatic heterocycles. The van der Waals surface area contributed by atoms with Gasteiger partial charge in [-0.3, -0.25) is 9.59 Å². The number of furan rings is 1. The minimum atomic E-state index is -0.328. The summed E-state index contributed by atoms with van der Waals surface area (Å²) < 4.78 is 5.11. The van der Waals surface area contributed by atoms with Crippen LogP contribution in [0.2, 0.25) is 0 Å². The highest BCUT2D eigenvalue weighted by molar-refractivity contribution is 6.03. The van der Waals surface area contributed by atoms with Gasteiger partial charge < -0.3 is 20.0 Å². The molecule has 2 heterocycles. The Morgan fingerprint density at radius 2 is 2.12 bits per heavy atom. The molecule has 1 aromatic heterocycles. The first kappa shape index (κ1) is 17.2. The molecule has 2 N–H and O–H groups in total. The standard InChI is InChI=1S/C19H23N3O3/c1-13-7-8-14(19(24)22-9-3-5-15(12-22)20-2)11-16(13)21-18(23)17-6-4-10-25-17/h4,6-8,10-11,15,20H,3,5,9,12H2,1-2H3,(H,21,23). The van der Waals surface area contributed by atoms with Crippen LogP contribution in [0.4, 0.5) is 5.69 Å². The SMILES string of the molecule is CNC1CCCN(C(=O)c2ccc(C)c(NC(=O)c3ccco3)c2)C1. The Morgan fingerprint density at radius 1 is 1.28 bits per heavy atom. The highest BCUT2D eigenvalue weighted by Gasteiger charge is 2.24. The maximum Gasteiger partial charge on any atom is 0.291 e. The van der Waals surface area contributed by atoms with E-state index in [9.17, 15) is 9.59 Å². The molecular formula is C19H23N3O3. The fraction of sp³-hybridized carbons (Fsp3) is 0.368. The molecule has 1 atom stereocenters. The van der Waals surface area contributed by atoms with Crippen molar-refractivity contribution >= 4 is 17.5 Å². The van der Waals surface area contributed by atoms with Crippen LogP contribution in [-0.4, -0.2) is 42.9 Å². The fourth-order valence-electron chi connectivity index (χ4n) is 3.06. The van der Waals surface area contributed by atoms with E-state index in [1.165, 1.54) is 6.26 Å². The molecular weight excluding hydrogens is 318 g/mol. The van der Waals surface area contributed by atoms with E-state index in [2.05, 4.69) is 10.6 Å². The van der Waals surface area contributed by atoms with Crippen molar-refractivity contribution in [3.05, 3.63) is 53.5 Å². The number of aryl methyl sites for hydroxylation is 1.